The van der Waals surface area contributed by atoms with Crippen LogP contribution in [-0.4, -0.2) is 46.3 Å². The molecule has 4 nitrogen and oxygen atoms in total. The van der Waals surface area contributed by atoms with Gasteiger partial charge in [-0.1, -0.05) is 13.3 Å². The fraction of sp³-hybridized carbons (Fsp3) is 0.818. The zero-order valence-electron chi connectivity index (χ0n) is 10.3. The summed E-state index contributed by atoms with van der Waals surface area (Å²) in [5.41, 5.74) is -1.79. The molecule has 8 heteroatoms. The van der Waals surface area contributed by atoms with Gasteiger partial charge in [0, 0.05) is 6.54 Å². The third-order valence-electron chi connectivity index (χ3n) is 3.35. The van der Waals surface area contributed by atoms with E-state index in [0.717, 1.165) is 0 Å². The van der Waals surface area contributed by atoms with Crippen molar-refractivity contribution in [1.82, 2.24) is 4.90 Å². The highest BCUT2D eigenvalue weighted by atomic mass is 19.3. The van der Waals surface area contributed by atoms with Gasteiger partial charge in [-0.15, -0.1) is 0 Å². The molecule has 1 N–H and O–H groups in total. The molecular weight excluding hydrogens is 270 g/mol. The standard InChI is InChI=1S/C11H15F4NO3/c1-2-4-10(9(18)19)5-3-6-16(10)8(17)11(14,15)7(12)13/h7H,2-6H2,1H3,(H,18,19). The molecule has 0 radical (unpaired) electrons. The van der Waals surface area contributed by atoms with Crippen molar-refractivity contribution in [3.05, 3.63) is 0 Å². The van der Waals surface area contributed by atoms with Gasteiger partial charge in [0.15, 0.2) is 0 Å². The number of carbonyl (C=O) groups excluding carboxylic acids is 1. The highest BCUT2D eigenvalue weighted by molar-refractivity contribution is 5.91. The van der Waals surface area contributed by atoms with Crippen LogP contribution in [0.4, 0.5) is 17.6 Å². The second kappa shape index (κ2) is 5.34. The van der Waals surface area contributed by atoms with E-state index in [0.29, 0.717) is 11.3 Å². The van der Waals surface area contributed by atoms with Crippen LogP contribution in [0, 0.1) is 0 Å². The minimum Gasteiger partial charge on any atom is -0.479 e. The lowest BCUT2D eigenvalue weighted by atomic mass is 9.90. The first-order valence-electron chi connectivity index (χ1n) is 5.91. The molecule has 0 aliphatic carbocycles. The van der Waals surface area contributed by atoms with E-state index in [1.807, 2.05) is 0 Å². The molecule has 0 aromatic rings. The molecule has 1 rings (SSSR count). The number of carbonyl (C=O) groups is 2. The maximum atomic E-state index is 13.1. The summed E-state index contributed by atoms with van der Waals surface area (Å²) in [5.74, 6) is -8.38. The fourth-order valence-corrected chi connectivity index (χ4v) is 2.45. The number of hydrogen-bond acceptors (Lipinski definition) is 2. The molecule has 1 fully saturated rings. The predicted molar refractivity (Wildman–Crippen MR) is 57.2 cm³/mol. The monoisotopic (exact) mass is 285 g/mol. The average molecular weight is 285 g/mol. The number of aliphatic carboxylic acids is 1. The minimum absolute atomic E-state index is 0.00122. The zero-order valence-corrected chi connectivity index (χ0v) is 10.3. The number of hydrogen-bond donors (Lipinski definition) is 1. The lowest BCUT2D eigenvalue weighted by molar-refractivity contribution is -0.188. The zero-order chi connectivity index (χ0) is 14.8. The van der Waals surface area contributed by atoms with Gasteiger partial charge in [0.05, 0.1) is 0 Å². The van der Waals surface area contributed by atoms with Gasteiger partial charge >= 0.3 is 18.3 Å². The highest BCUT2D eigenvalue weighted by Gasteiger charge is 2.58. The number of nitrogens with zero attached hydrogens (tertiary/aromatic N) is 1. The van der Waals surface area contributed by atoms with Crippen molar-refractivity contribution in [2.75, 3.05) is 6.54 Å². The summed E-state index contributed by atoms with van der Waals surface area (Å²) in [7, 11) is 0. The molecule has 19 heavy (non-hydrogen) atoms. The average Bonchev–Trinajstić information content (AvgIpc) is 2.73. The van der Waals surface area contributed by atoms with Crippen LogP contribution in [0.2, 0.25) is 0 Å². The molecule has 1 amide bonds. The largest absolute Gasteiger partial charge is 0.479 e. The van der Waals surface area contributed by atoms with Gasteiger partial charge in [-0.2, -0.15) is 8.78 Å². The van der Waals surface area contributed by atoms with Gasteiger partial charge in [-0.25, -0.2) is 13.6 Å². The van der Waals surface area contributed by atoms with Crippen molar-refractivity contribution in [2.45, 2.75) is 50.5 Å². The Hall–Kier alpha value is -1.34. The van der Waals surface area contributed by atoms with E-state index in [9.17, 15) is 32.3 Å². The molecule has 0 aromatic heterocycles. The smallest absolute Gasteiger partial charge is 0.383 e. The summed E-state index contributed by atoms with van der Waals surface area (Å²) in [6, 6.07) is 0. The van der Waals surface area contributed by atoms with Gasteiger partial charge < -0.3 is 10.0 Å². The first-order valence-corrected chi connectivity index (χ1v) is 5.91. The maximum absolute atomic E-state index is 13.1. The molecular formula is C11H15F4NO3. The third kappa shape index (κ3) is 2.52. The first-order chi connectivity index (χ1) is 8.70. The number of rotatable bonds is 5. The second-order valence-electron chi connectivity index (χ2n) is 4.57. The first kappa shape index (κ1) is 15.7. The lowest BCUT2D eigenvalue weighted by Crippen LogP contribution is -2.58. The number of amides is 1. The number of carboxylic acid groups (broad SMARTS) is 1. The molecule has 0 spiro atoms. The van der Waals surface area contributed by atoms with E-state index < -0.39 is 29.8 Å². The number of halogens is 4. The quantitative estimate of drug-likeness (QED) is 0.787. The summed E-state index contributed by atoms with van der Waals surface area (Å²) in [5, 5.41) is 9.19. The van der Waals surface area contributed by atoms with Crippen LogP contribution < -0.4 is 0 Å². The molecule has 1 saturated heterocycles. The Morgan fingerprint density at radius 1 is 1.42 bits per heavy atom. The highest BCUT2D eigenvalue weighted by Crippen LogP contribution is 2.38. The van der Waals surface area contributed by atoms with Crippen molar-refractivity contribution >= 4 is 11.9 Å². The Kier molecular flexibility index (Phi) is 4.42. The Morgan fingerprint density at radius 2 is 2.00 bits per heavy atom. The molecule has 110 valence electrons. The van der Waals surface area contributed by atoms with Gasteiger partial charge in [0.1, 0.15) is 5.54 Å². The molecule has 0 aromatic carbocycles. The molecule has 1 heterocycles. The van der Waals surface area contributed by atoms with Crippen LogP contribution in [0.3, 0.4) is 0 Å². The van der Waals surface area contributed by atoms with Crippen LogP contribution in [0.15, 0.2) is 0 Å². The van der Waals surface area contributed by atoms with Crippen LogP contribution in [-0.2, 0) is 9.59 Å². The van der Waals surface area contributed by atoms with Crippen LogP contribution in [0.5, 0.6) is 0 Å². The van der Waals surface area contributed by atoms with Gasteiger partial charge in [-0.05, 0) is 19.3 Å². The molecule has 0 bridgehead atoms. The Morgan fingerprint density at radius 3 is 2.42 bits per heavy atom. The normalized spacial score (nSPS) is 24.0. The molecule has 1 aliphatic heterocycles. The topological polar surface area (TPSA) is 57.6 Å². The molecule has 1 aliphatic rings. The van der Waals surface area contributed by atoms with E-state index >= 15 is 0 Å². The van der Waals surface area contributed by atoms with E-state index in [4.69, 9.17) is 0 Å². The predicted octanol–water partition coefficient (Wildman–Crippen LogP) is 2.13. The maximum Gasteiger partial charge on any atom is 0.383 e. The van der Waals surface area contributed by atoms with Gasteiger partial charge in [0.2, 0.25) is 0 Å². The third-order valence-corrected chi connectivity index (χ3v) is 3.35. The Balaban J connectivity index is 3.10. The van der Waals surface area contributed by atoms with E-state index in [2.05, 4.69) is 0 Å². The SMILES string of the molecule is CCCC1(C(=O)O)CCCN1C(=O)C(F)(F)C(F)F. The van der Waals surface area contributed by atoms with E-state index in [-0.39, 0.29) is 25.8 Å². The van der Waals surface area contributed by atoms with Crippen molar-refractivity contribution in [2.24, 2.45) is 0 Å². The van der Waals surface area contributed by atoms with Crippen LogP contribution in [0.25, 0.3) is 0 Å². The van der Waals surface area contributed by atoms with Crippen molar-refractivity contribution in [1.29, 1.82) is 0 Å². The van der Waals surface area contributed by atoms with Crippen LogP contribution >= 0.6 is 0 Å². The second-order valence-corrected chi connectivity index (χ2v) is 4.57. The summed E-state index contributed by atoms with van der Waals surface area (Å²) in [6.07, 6.45) is -3.63. The van der Waals surface area contributed by atoms with Crippen molar-refractivity contribution < 1.29 is 32.3 Å². The molecule has 1 unspecified atom stereocenters. The number of alkyl halides is 4. The van der Waals surface area contributed by atoms with Crippen molar-refractivity contribution in [3.63, 3.8) is 0 Å². The lowest BCUT2D eigenvalue weighted by Gasteiger charge is -2.36. The summed E-state index contributed by atoms with van der Waals surface area (Å²) in [4.78, 5) is 23.2. The van der Waals surface area contributed by atoms with E-state index in [1.54, 1.807) is 6.92 Å². The summed E-state index contributed by atoms with van der Waals surface area (Å²) >= 11 is 0. The van der Waals surface area contributed by atoms with Crippen molar-refractivity contribution in [3.8, 4) is 0 Å². The summed E-state index contributed by atoms with van der Waals surface area (Å²) in [6.45, 7) is 1.39. The molecule has 0 saturated carbocycles. The minimum atomic E-state index is -4.85. The Labute approximate surface area is 107 Å². The summed E-state index contributed by atoms with van der Waals surface area (Å²) < 4.78 is 50.6. The Bertz CT molecular complexity index is 375. The number of likely N-dealkylation sites (tertiary alicyclic amines) is 1. The van der Waals surface area contributed by atoms with Gasteiger partial charge in [0.25, 0.3) is 5.91 Å². The number of carboxylic acids is 1. The van der Waals surface area contributed by atoms with E-state index in [1.165, 1.54) is 0 Å². The fourth-order valence-electron chi connectivity index (χ4n) is 2.45. The van der Waals surface area contributed by atoms with Gasteiger partial charge in [-0.3, -0.25) is 4.79 Å². The molecule has 1 atom stereocenters. The van der Waals surface area contributed by atoms with Crippen LogP contribution in [0.1, 0.15) is 32.6 Å².